The number of carbonyl (C=O) groups excluding carboxylic acids is 2. The number of anilines is 1. The first-order valence-electron chi connectivity index (χ1n) is 8.61. The summed E-state index contributed by atoms with van der Waals surface area (Å²) in [6, 6.07) is 11.5. The van der Waals surface area contributed by atoms with Crippen molar-refractivity contribution in [1.82, 2.24) is 4.90 Å². The number of nitrogens with zero attached hydrogens (tertiary/aromatic N) is 2. The lowest BCUT2D eigenvalue weighted by Crippen LogP contribution is -2.48. The molecule has 0 radical (unpaired) electrons. The van der Waals surface area contributed by atoms with E-state index >= 15 is 0 Å². The fraction of sp³-hybridized carbons (Fsp3) is 0.300. The summed E-state index contributed by atoms with van der Waals surface area (Å²) in [6.45, 7) is 2.48. The van der Waals surface area contributed by atoms with Crippen LogP contribution < -0.4 is 19.5 Å². The molecule has 2 aromatic carbocycles. The number of hydrogen-bond acceptors (Lipinski definition) is 6. The molecule has 0 atom stereocenters. The number of piperazine rings is 1. The Bertz CT molecular complexity index is 827. The first kappa shape index (κ1) is 18.6. The van der Waals surface area contributed by atoms with Crippen LogP contribution in [0, 0.1) is 0 Å². The van der Waals surface area contributed by atoms with E-state index in [4.69, 9.17) is 9.47 Å². The van der Waals surface area contributed by atoms with Gasteiger partial charge in [0, 0.05) is 37.8 Å². The van der Waals surface area contributed by atoms with Crippen LogP contribution in [0.25, 0.3) is 0 Å². The zero-order valence-electron chi connectivity index (χ0n) is 15.3. The number of amides is 1. The lowest BCUT2D eigenvalue weighted by atomic mass is 10.1. The fourth-order valence-electron chi connectivity index (χ4n) is 3.13. The molecule has 2 aromatic rings. The average Bonchev–Trinajstić information content (AvgIpc) is 2.73. The number of benzene rings is 2. The van der Waals surface area contributed by atoms with Gasteiger partial charge >= 0.3 is 0 Å². The molecule has 0 saturated carbocycles. The summed E-state index contributed by atoms with van der Waals surface area (Å²) in [5.74, 6) is 0.0914. The van der Waals surface area contributed by atoms with E-state index < -0.39 is 5.97 Å². The molecule has 0 N–H and O–H groups in total. The van der Waals surface area contributed by atoms with Gasteiger partial charge in [0.15, 0.2) is 0 Å². The number of rotatable bonds is 5. The number of carbonyl (C=O) groups is 2. The Labute approximate surface area is 157 Å². The van der Waals surface area contributed by atoms with Crippen molar-refractivity contribution in [2.45, 2.75) is 0 Å². The largest absolute Gasteiger partial charge is 0.545 e. The third-order valence-electron chi connectivity index (χ3n) is 4.66. The topological polar surface area (TPSA) is 82.1 Å². The standard InChI is InChI=1S/C20H22N2O5/c1-26-16-7-8-17(18(13-16)27-2)21-9-11-22(12-10-21)19(23)14-3-5-15(6-4-14)20(24)25/h3-8,13H,9-12H2,1-2H3,(H,24,25)/p-1. The average molecular weight is 369 g/mol. The molecule has 27 heavy (non-hydrogen) atoms. The van der Waals surface area contributed by atoms with E-state index in [0.717, 1.165) is 17.2 Å². The van der Waals surface area contributed by atoms with Crippen molar-refractivity contribution >= 4 is 17.6 Å². The van der Waals surface area contributed by atoms with Gasteiger partial charge in [0.2, 0.25) is 0 Å². The Balaban J connectivity index is 1.66. The summed E-state index contributed by atoms with van der Waals surface area (Å²) in [5.41, 5.74) is 1.49. The second-order valence-corrected chi connectivity index (χ2v) is 6.18. The number of hydrogen-bond donors (Lipinski definition) is 0. The molecule has 3 rings (SSSR count). The van der Waals surface area contributed by atoms with Crippen LogP contribution in [0.4, 0.5) is 5.69 Å². The van der Waals surface area contributed by atoms with Gasteiger partial charge in [0.25, 0.3) is 5.91 Å². The Morgan fingerprint density at radius 2 is 1.52 bits per heavy atom. The molecule has 7 heteroatoms. The number of methoxy groups -OCH3 is 2. The van der Waals surface area contributed by atoms with Crippen LogP contribution in [0.1, 0.15) is 20.7 Å². The van der Waals surface area contributed by atoms with Gasteiger partial charge in [-0.15, -0.1) is 0 Å². The molecule has 1 saturated heterocycles. The minimum Gasteiger partial charge on any atom is -0.545 e. The van der Waals surface area contributed by atoms with E-state index in [1.165, 1.54) is 24.3 Å². The number of carboxylic acids is 1. The van der Waals surface area contributed by atoms with Crippen molar-refractivity contribution < 1.29 is 24.2 Å². The minimum absolute atomic E-state index is 0.0583. The van der Waals surface area contributed by atoms with E-state index in [1.807, 2.05) is 18.2 Å². The van der Waals surface area contributed by atoms with Gasteiger partial charge in [0.1, 0.15) is 11.5 Å². The zero-order chi connectivity index (χ0) is 19.4. The second kappa shape index (κ2) is 7.99. The van der Waals surface area contributed by atoms with E-state index in [0.29, 0.717) is 31.7 Å². The fourth-order valence-corrected chi connectivity index (χ4v) is 3.13. The summed E-state index contributed by atoms with van der Waals surface area (Å²) in [6.07, 6.45) is 0. The lowest BCUT2D eigenvalue weighted by molar-refractivity contribution is -0.255. The van der Waals surface area contributed by atoms with Gasteiger partial charge in [-0.25, -0.2) is 0 Å². The molecule has 1 heterocycles. The Kier molecular flexibility index (Phi) is 5.49. The van der Waals surface area contributed by atoms with E-state index in [9.17, 15) is 14.7 Å². The van der Waals surface area contributed by atoms with Crippen molar-refractivity contribution in [3.63, 3.8) is 0 Å². The summed E-state index contributed by atoms with van der Waals surface area (Å²) in [7, 11) is 3.23. The molecule has 1 aliphatic rings. The number of carboxylic acid groups (broad SMARTS) is 1. The SMILES string of the molecule is COc1ccc(N2CCN(C(=O)c3ccc(C(=O)[O-])cc3)CC2)c(OC)c1. The van der Waals surface area contributed by atoms with Crippen LogP contribution in [0.15, 0.2) is 42.5 Å². The van der Waals surface area contributed by atoms with E-state index in [-0.39, 0.29) is 11.5 Å². The Hall–Kier alpha value is -3.22. The van der Waals surface area contributed by atoms with Crippen LogP contribution in [0.2, 0.25) is 0 Å². The molecule has 0 unspecified atom stereocenters. The third-order valence-corrected chi connectivity index (χ3v) is 4.66. The van der Waals surface area contributed by atoms with Crippen molar-refractivity contribution in [3.05, 3.63) is 53.6 Å². The molecule has 0 spiro atoms. The highest BCUT2D eigenvalue weighted by molar-refractivity contribution is 5.95. The summed E-state index contributed by atoms with van der Waals surface area (Å²) >= 11 is 0. The molecule has 1 aliphatic heterocycles. The quantitative estimate of drug-likeness (QED) is 0.783. The molecule has 0 bridgehead atoms. The lowest BCUT2D eigenvalue weighted by Gasteiger charge is -2.36. The van der Waals surface area contributed by atoms with Crippen molar-refractivity contribution in [1.29, 1.82) is 0 Å². The Morgan fingerprint density at radius 3 is 2.07 bits per heavy atom. The van der Waals surface area contributed by atoms with Crippen LogP contribution in [-0.2, 0) is 0 Å². The van der Waals surface area contributed by atoms with Crippen LogP contribution in [0.3, 0.4) is 0 Å². The monoisotopic (exact) mass is 369 g/mol. The first-order chi connectivity index (χ1) is 13.0. The second-order valence-electron chi connectivity index (χ2n) is 6.18. The third kappa shape index (κ3) is 3.97. The minimum atomic E-state index is -1.25. The highest BCUT2D eigenvalue weighted by Crippen LogP contribution is 2.32. The van der Waals surface area contributed by atoms with Gasteiger partial charge in [-0.3, -0.25) is 4.79 Å². The molecule has 0 aliphatic carbocycles. The van der Waals surface area contributed by atoms with E-state index in [1.54, 1.807) is 19.1 Å². The highest BCUT2D eigenvalue weighted by atomic mass is 16.5. The number of aromatic carboxylic acids is 1. The van der Waals surface area contributed by atoms with Crippen LogP contribution in [-0.4, -0.2) is 57.2 Å². The molecular formula is C20H21N2O5-. The van der Waals surface area contributed by atoms with E-state index in [2.05, 4.69) is 4.90 Å². The maximum atomic E-state index is 12.6. The summed E-state index contributed by atoms with van der Waals surface area (Å²) in [5, 5.41) is 10.8. The van der Waals surface area contributed by atoms with Gasteiger partial charge in [0.05, 0.1) is 25.9 Å². The highest BCUT2D eigenvalue weighted by Gasteiger charge is 2.24. The zero-order valence-corrected chi connectivity index (χ0v) is 15.3. The normalized spacial score (nSPS) is 14.0. The van der Waals surface area contributed by atoms with Gasteiger partial charge < -0.3 is 29.2 Å². The molecule has 1 fully saturated rings. The Morgan fingerprint density at radius 1 is 0.889 bits per heavy atom. The van der Waals surface area contributed by atoms with Crippen molar-refractivity contribution in [2.24, 2.45) is 0 Å². The van der Waals surface area contributed by atoms with Crippen molar-refractivity contribution in [2.75, 3.05) is 45.3 Å². The van der Waals surface area contributed by atoms with Crippen LogP contribution >= 0.6 is 0 Å². The number of ether oxygens (including phenoxy) is 2. The predicted molar refractivity (Wildman–Crippen MR) is 98.4 cm³/mol. The predicted octanol–water partition coefficient (Wildman–Crippen LogP) is 1.03. The molecule has 0 aromatic heterocycles. The summed E-state index contributed by atoms with van der Waals surface area (Å²) < 4.78 is 10.7. The van der Waals surface area contributed by atoms with Gasteiger partial charge in [-0.05, 0) is 29.8 Å². The molecule has 7 nitrogen and oxygen atoms in total. The van der Waals surface area contributed by atoms with Crippen LogP contribution in [0.5, 0.6) is 11.5 Å². The smallest absolute Gasteiger partial charge is 0.253 e. The molecule has 1 amide bonds. The van der Waals surface area contributed by atoms with Gasteiger partial charge in [-0.2, -0.15) is 0 Å². The molecular weight excluding hydrogens is 348 g/mol. The maximum absolute atomic E-state index is 12.6. The summed E-state index contributed by atoms with van der Waals surface area (Å²) in [4.78, 5) is 27.4. The first-order valence-corrected chi connectivity index (χ1v) is 8.61. The van der Waals surface area contributed by atoms with Gasteiger partial charge in [-0.1, -0.05) is 12.1 Å². The van der Waals surface area contributed by atoms with Crippen molar-refractivity contribution in [3.8, 4) is 11.5 Å². The maximum Gasteiger partial charge on any atom is 0.253 e. The molecule has 142 valence electrons.